The molecule has 7 heteroatoms. The molecule has 0 saturated carbocycles. The van der Waals surface area contributed by atoms with E-state index in [1.165, 1.54) is 19.3 Å². The summed E-state index contributed by atoms with van der Waals surface area (Å²) >= 11 is 0. The molecule has 0 radical (unpaired) electrons. The van der Waals surface area contributed by atoms with Gasteiger partial charge in [-0.1, -0.05) is 12.2 Å². The fourth-order valence-corrected chi connectivity index (χ4v) is 2.91. The largest absolute Gasteiger partial charge is 0.507 e. The van der Waals surface area contributed by atoms with Crippen LogP contribution in [0.15, 0.2) is 18.2 Å². The molecular weight excluding hydrogens is 340 g/mol. The number of fused-ring (bicyclic) bond motifs is 1. The second kappa shape index (κ2) is 9.02. The molecule has 1 aliphatic heterocycles. The molecule has 1 aromatic rings. The van der Waals surface area contributed by atoms with Crippen molar-refractivity contribution in [1.82, 2.24) is 0 Å². The molecule has 4 N–H and O–H groups in total. The topological polar surface area (TPSA) is 116 Å². The molecule has 0 fully saturated rings. The Bertz CT molecular complexity index is 656. The van der Waals surface area contributed by atoms with Gasteiger partial charge in [0.2, 0.25) is 0 Å². The van der Waals surface area contributed by atoms with E-state index in [0.29, 0.717) is 24.2 Å². The van der Waals surface area contributed by atoms with Crippen molar-refractivity contribution in [2.24, 2.45) is 0 Å². The second-order valence-electron chi connectivity index (χ2n) is 6.52. The maximum Gasteiger partial charge on any atom is 0.342 e. The number of aliphatic hydroxyl groups excluding tert-OH is 3. The molecular formula is C19H26O7. The molecule has 1 heterocycles. The van der Waals surface area contributed by atoms with Gasteiger partial charge in [-0.3, -0.25) is 0 Å². The van der Waals surface area contributed by atoms with Crippen LogP contribution in [0.5, 0.6) is 11.5 Å². The van der Waals surface area contributed by atoms with E-state index in [-0.39, 0.29) is 24.2 Å². The third kappa shape index (κ3) is 4.97. The number of rotatable bonds is 1. The molecule has 0 saturated heterocycles. The number of phenols is 1. The number of aliphatic hydroxyl groups is 3. The van der Waals surface area contributed by atoms with Gasteiger partial charge in [-0.2, -0.15) is 0 Å². The highest BCUT2D eigenvalue weighted by atomic mass is 16.5. The molecule has 7 nitrogen and oxygen atoms in total. The lowest BCUT2D eigenvalue weighted by molar-refractivity contribution is -0.0613. The van der Waals surface area contributed by atoms with Crippen molar-refractivity contribution in [3.8, 4) is 11.5 Å². The van der Waals surface area contributed by atoms with Gasteiger partial charge in [0.1, 0.15) is 23.2 Å². The van der Waals surface area contributed by atoms with Crippen LogP contribution in [0.1, 0.15) is 48.5 Å². The summed E-state index contributed by atoms with van der Waals surface area (Å²) in [5.41, 5.74) is 0.388. The predicted molar refractivity (Wildman–Crippen MR) is 95.1 cm³/mol. The van der Waals surface area contributed by atoms with Crippen LogP contribution in [-0.4, -0.2) is 57.9 Å². The number of ether oxygens (including phenoxy) is 2. The summed E-state index contributed by atoms with van der Waals surface area (Å²) in [5.74, 6) is -0.552. The van der Waals surface area contributed by atoms with Crippen LogP contribution < -0.4 is 4.74 Å². The van der Waals surface area contributed by atoms with Crippen LogP contribution in [0.4, 0.5) is 0 Å². The molecule has 0 unspecified atom stereocenters. The number of aromatic hydroxyl groups is 1. The van der Waals surface area contributed by atoms with E-state index in [1.807, 2.05) is 0 Å². The minimum atomic E-state index is -1.27. The van der Waals surface area contributed by atoms with Crippen molar-refractivity contribution in [3.63, 3.8) is 0 Å². The molecule has 0 amide bonds. The second-order valence-corrected chi connectivity index (χ2v) is 6.52. The number of cyclic esters (lactones) is 1. The van der Waals surface area contributed by atoms with Gasteiger partial charge in [-0.15, -0.1) is 0 Å². The monoisotopic (exact) mass is 366 g/mol. The summed E-state index contributed by atoms with van der Waals surface area (Å²) in [6.07, 6.45) is 0.542. The van der Waals surface area contributed by atoms with Crippen LogP contribution in [-0.2, 0) is 4.74 Å². The summed E-state index contributed by atoms with van der Waals surface area (Å²) in [6, 6.07) is 2.90. The molecule has 0 aromatic heterocycles. The summed E-state index contributed by atoms with van der Waals surface area (Å²) < 4.78 is 10.5. The van der Waals surface area contributed by atoms with Crippen molar-refractivity contribution in [2.75, 3.05) is 7.11 Å². The lowest BCUT2D eigenvalue weighted by atomic mass is 9.98. The van der Waals surface area contributed by atoms with Gasteiger partial charge < -0.3 is 29.9 Å². The smallest absolute Gasteiger partial charge is 0.342 e. The van der Waals surface area contributed by atoms with E-state index in [1.54, 1.807) is 19.1 Å². The van der Waals surface area contributed by atoms with E-state index >= 15 is 0 Å². The van der Waals surface area contributed by atoms with E-state index < -0.39 is 30.4 Å². The number of hydrogen-bond acceptors (Lipinski definition) is 7. The number of carbonyl (C=O) groups excluding carboxylic acids is 1. The van der Waals surface area contributed by atoms with E-state index in [2.05, 4.69) is 0 Å². The summed E-state index contributed by atoms with van der Waals surface area (Å²) in [7, 11) is 1.44. The van der Waals surface area contributed by atoms with Crippen LogP contribution in [0.2, 0.25) is 0 Å². The average Bonchev–Trinajstić information content (AvgIpc) is 2.59. The Balaban J connectivity index is 2.40. The maximum absolute atomic E-state index is 12.5. The Kier molecular flexibility index (Phi) is 7.02. The van der Waals surface area contributed by atoms with Crippen molar-refractivity contribution >= 4 is 12.0 Å². The molecule has 1 aliphatic rings. The summed E-state index contributed by atoms with van der Waals surface area (Å²) in [4.78, 5) is 12.5. The number of carbonyl (C=O) groups is 1. The number of esters is 1. The first-order valence-electron chi connectivity index (χ1n) is 8.66. The SMILES string of the molecule is COc1cc(O)c2c(c1)/C=C\C[C@H](O)[C@H](O)[C@H](O)CCC[C@H](C)OC2=O. The van der Waals surface area contributed by atoms with E-state index in [4.69, 9.17) is 9.47 Å². The van der Waals surface area contributed by atoms with Gasteiger partial charge in [0.25, 0.3) is 0 Å². The summed E-state index contributed by atoms with van der Waals surface area (Å²) in [6.45, 7) is 1.72. The fourth-order valence-electron chi connectivity index (χ4n) is 2.91. The average molecular weight is 366 g/mol. The zero-order chi connectivity index (χ0) is 19.3. The van der Waals surface area contributed by atoms with Crippen LogP contribution in [0, 0.1) is 0 Å². The normalized spacial score (nSPS) is 29.2. The number of hydrogen-bond donors (Lipinski definition) is 4. The zero-order valence-electron chi connectivity index (χ0n) is 15.0. The molecule has 0 spiro atoms. The van der Waals surface area contributed by atoms with Crippen LogP contribution in [0.3, 0.4) is 0 Å². The first-order valence-corrected chi connectivity index (χ1v) is 8.66. The van der Waals surface area contributed by atoms with Gasteiger partial charge in [0.15, 0.2) is 0 Å². The fraction of sp³-hybridized carbons (Fsp3) is 0.526. The maximum atomic E-state index is 12.5. The van der Waals surface area contributed by atoms with Gasteiger partial charge >= 0.3 is 5.97 Å². The van der Waals surface area contributed by atoms with E-state index in [9.17, 15) is 25.2 Å². The molecule has 144 valence electrons. The number of methoxy groups -OCH3 is 1. The number of phenolic OH excluding ortho intramolecular Hbond substituents is 1. The van der Waals surface area contributed by atoms with Crippen LogP contribution >= 0.6 is 0 Å². The molecule has 0 aliphatic carbocycles. The lowest BCUT2D eigenvalue weighted by Gasteiger charge is -2.23. The summed E-state index contributed by atoms with van der Waals surface area (Å²) in [5, 5.41) is 40.2. The predicted octanol–water partition coefficient (Wildman–Crippen LogP) is 1.62. The Morgan fingerprint density at radius 3 is 2.58 bits per heavy atom. The standard InChI is InChI=1S/C19H26O7/c1-11-5-3-7-14(20)18(23)15(21)8-4-6-12-9-13(25-2)10-16(22)17(12)19(24)26-11/h4,6,9-11,14-15,18,20-23H,3,5,7-8H2,1-2H3/b6-4-/t11-,14+,15-,18+/m0/s1. The first kappa shape index (κ1) is 20.2. The Hall–Kier alpha value is -2.09. The third-order valence-corrected chi connectivity index (χ3v) is 4.44. The molecule has 0 bridgehead atoms. The number of benzene rings is 1. The molecule has 2 rings (SSSR count). The minimum Gasteiger partial charge on any atom is -0.507 e. The van der Waals surface area contributed by atoms with Crippen LogP contribution in [0.25, 0.3) is 6.08 Å². The third-order valence-electron chi connectivity index (χ3n) is 4.44. The zero-order valence-corrected chi connectivity index (χ0v) is 15.0. The Morgan fingerprint density at radius 1 is 1.15 bits per heavy atom. The molecule has 1 aromatic carbocycles. The Labute approximate surface area is 152 Å². The van der Waals surface area contributed by atoms with Crippen molar-refractivity contribution < 1.29 is 34.7 Å². The molecule has 4 atom stereocenters. The Morgan fingerprint density at radius 2 is 1.88 bits per heavy atom. The quantitative estimate of drug-likeness (QED) is 0.558. The van der Waals surface area contributed by atoms with Gasteiger partial charge in [-0.05, 0) is 44.2 Å². The highest BCUT2D eigenvalue weighted by Crippen LogP contribution is 2.30. The van der Waals surface area contributed by atoms with Gasteiger partial charge in [0, 0.05) is 6.07 Å². The van der Waals surface area contributed by atoms with E-state index in [0.717, 1.165) is 0 Å². The van der Waals surface area contributed by atoms with Gasteiger partial charge in [-0.25, -0.2) is 4.79 Å². The van der Waals surface area contributed by atoms with Crippen molar-refractivity contribution in [3.05, 3.63) is 29.3 Å². The minimum absolute atomic E-state index is 0.0148. The highest BCUT2D eigenvalue weighted by molar-refractivity contribution is 5.97. The molecule has 26 heavy (non-hydrogen) atoms. The first-order chi connectivity index (χ1) is 12.3. The van der Waals surface area contributed by atoms with Crippen molar-refractivity contribution in [2.45, 2.75) is 57.0 Å². The lowest BCUT2D eigenvalue weighted by Crippen LogP contribution is -2.37. The van der Waals surface area contributed by atoms with Gasteiger partial charge in [0.05, 0.1) is 25.4 Å². The van der Waals surface area contributed by atoms with Crippen molar-refractivity contribution in [1.29, 1.82) is 0 Å². The highest BCUT2D eigenvalue weighted by Gasteiger charge is 2.25.